The summed E-state index contributed by atoms with van der Waals surface area (Å²) in [6.07, 6.45) is 12.5. The van der Waals surface area contributed by atoms with Gasteiger partial charge in [0.25, 0.3) is 0 Å². The molecule has 1 saturated heterocycles. The number of piperazine rings is 1. The first kappa shape index (κ1) is 42.9. The van der Waals surface area contributed by atoms with Crippen LogP contribution in [0.1, 0.15) is 146 Å². The fourth-order valence-corrected chi connectivity index (χ4v) is 14.8. The Morgan fingerprint density at radius 3 is 1.95 bits per heavy atom. The number of fused-ring (bicyclic) bond motifs is 7. The molecule has 1 amide bonds. The minimum absolute atomic E-state index is 0.0878. The van der Waals surface area contributed by atoms with Crippen LogP contribution in [0.25, 0.3) is 0 Å². The predicted molar refractivity (Wildman–Crippen MR) is 214 cm³/mol. The second kappa shape index (κ2) is 14.2. The number of carbonyl (C=O) groups is 4. The van der Waals surface area contributed by atoms with Gasteiger partial charge in [-0.1, -0.05) is 41.5 Å². The average molecular weight is 799 g/mol. The summed E-state index contributed by atoms with van der Waals surface area (Å²) in [7, 11) is 0. The number of hydrogen-bond donors (Lipinski definition) is 3. The Morgan fingerprint density at radius 1 is 0.702 bits per heavy atom. The van der Waals surface area contributed by atoms with Crippen molar-refractivity contribution in [1.82, 2.24) is 9.96 Å². The second-order valence-electron chi connectivity index (χ2n) is 22.8. The zero-order valence-electron chi connectivity index (χ0n) is 36.6. The molecule has 7 aliphatic rings. The molecule has 57 heavy (non-hydrogen) atoms. The van der Waals surface area contributed by atoms with Crippen LogP contribution in [0.15, 0.2) is 0 Å². The van der Waals surface area contributed by atoms with E-state index in [0.717, 1.165) is 64.2 Å². The molecule has 0 unspecified atom stereocenters. The molecule has 0 spiro atoms. The Morgan fingerprint density at radius 2 is 1.35 bits per heavy atom. The van der Waals surface area contributed by atoms with Gasteiger partial charge >= 0.3 is 17.9 Å². The Balaban J connectivity index is 1.10. The van der Waals surface area contributed by atoms with E-state index in [4.69, 9.17) is 9.57 Å². The van der Waals surface area contributed by atoms with E-state index < -0.39 is 42.0 Å². The Labute approximate surface area is 341 Å². The number of ether oxygens (including phenoxy) is 1. The van der Waals surface area contributed by atoms with Crippen LogP contribution < -0.4 is 0 Å². The van der Waals surface area contributed by atoms with Crippen LogP contribution in [-0.2, 0) is 28.8 Å². The monoisotopic (exact) mass is 799 g/mol. The third kappa shape index (κ3) is 6.51. The first-order chi connectivity index (χ1) is 26.5. The molecule has 1 aliphatic heterocycles. The molecule has 0 radical (unpaired) electrons. The predicted octanol–water partition coefficient (Wildman–Crippen LogP) is 6.87. The lowest BCUT2D eigenvalue weighted by molar-refractivity contribution is -0.252. The summed E-state index contributed by atoms with van der Waals surface area (Å²) >= 11 is 0. The van der Waals surface area contributed by atoms with Crippen LogP contribution in [0.4, 0.5) is 0 Å². The van der Waals surface area contributed by atoms with Crippen molar-refractivity contribution in [3.8, 4) is 0 Å². The molecule has 7 fully saturated rings. The molecule has 10 atom stereocenters. The zero-order chi connectivity index (χ0) is 41.8. The van der Waals surface area contributed by atoms with E-state index in [1.54, 1.807) is 18.9 Å². The first-order valence-electron chi connectivity index (χ1n) is 22.4. The van der Waals surface area contributed by atoms with Crippen molar-refractivity contribution in [3.63, 3.8) is 0 Å². The van der Waals surface area contributed by atoms with Crippen molar-refractivity contribution in [2.45, 2.75) is 152 Å². The van der Waals surface area contributed by atoms with E-state index >= 15 is 4.79 Å². The summed E-state index contributed by atoms with van der Waals surface area (Å²) in [5, 5.41) is 30.6. The van der Waals surface area contributed by atoms with Gasteiger partial charge in [-0.15, -0.1) is 5.06 Å². The molecule has 0 aromatic heterocycles. The Bertz CT molecular complexity index is 1610. The van der Waals surface area contributed by atoms with Gasteiger partial charge in [-0.25, -0.2) is 4.79 Å². The number of nitrogens with zero attached hydrogens (tertiary/aromatic N) is 2. The largest absolute Gasteiger partial charge is 0.481 e. The summed E-state index contributed by atoms with van der Waals surface area (Å²) in [5.41, 5.74) is -2.53. The third-order valence-corrected chi connectivity index (χ3v) is 19.1. The molecule has 322 valence electrons. The molecular formula is C46H74N2O9. The molecule has 3 N–H and O–H groups in total. The van der Waals surface area contributed by atoms with E-state index in [9.17, 15) is 29.7 Å². The van der Waals surface area contributed by atoms with Crippen molar-refractivity contribution >= 4 is 23.8 Å². The number of esters is 1. The number of aliphatic hydroxyl groups is 2. The topological polar surface area (TPSA) is 154 Å². The molecule has 6 saturated carbocycles. The van der Waals surface area contributed by atoms with E-state index in [0.29, 0.717) is 67.1 Å². The number of hydrogen-bond acceptors (Lipinski definition) is 9. The average Bonchev–Trinajstić information content (AvgIpc) is 3.77. The Hall–Kier alpha value is -2.24. The van der Waals surface area contributed by atoms with Crippen LogP contribution in [-0.4, -0.2) is 94.6 Å². The lowest BCUT2D eigenvalue weighted by atomic mass is 9.32. The number of carboxylic acid groups (broad SMARTS) is 1. The van der Waals surface area contributed by atoms with E-state index in [2.05, 4.69) is 46.4 Å². The maximum Gasteiger partial charge on any atom is 0.335 e. The summed E-state index contributed by atoms with van der Waals surface area (Å²) < 4.78 is 6.20. The van der Waals surface area contributed by atoms with Gasteiger partial charge < -0.3 is 29.8 Å². The third-order valence-electron chi connectivity index (χ3n) is 19.1. The lowest BCUT2D eigenvalue weighted by Crippen LogP contribution is -2.68. The zero-order valence-corrected chi connectivity index (χ0v) is 36.6. The number of aliphatic hydroxyl groups excluding tert-OH is 2. The van der Waals surface area contributed by atoms with Crippen LogP contribution in [0, 0.1) is 72.9 Å². The van der Waals surface area contributed by atoms with Crippen LogP contribution in [0.2, 0.25) is 0 Å². The van der Waals surface area contributed by atoms with Crippen LogP contribution in [0.5, 0.6) is 0 Å². The fourth-order valence-electron chi connectivity index (χ4n) is 14.8. The number of aliphatic carboxylic acids is 1. The van der Waals surface area contributed by atoms with Crippen LogP contribution in [0.3, 0.4) is 0 Å². The quantitative estimate of drug-likeness (QED) is 0.200. The highest BCUT2D eigenvalue weighted by Crippen LogP contribution is 2.79. The van der Waals surface area contributed by atoms with Gasteiger partial charge in [0.2, 0.25) is 5.91 Å². The number of amides is 1. The van der Waals surface area contributed by atoms with Gasteiger partial charge in [-0.3, -0.25) is 14.4 Å². The molecule has 1 heterocycles. The molecule has 7 rings (SSSR count). The SMILES string of the molecule is CC(C)(CC(=O)O[C@H]1CC[C@]2(C)[C@H]3CC[C@@H]4[C@H]5[C@H](C6(C)CC6)CC[C@]5(C(=O)N5CCN(OC(=O)C(C)(CO)CO)CC5)CC[C@@]4(C)[C@]3(C)CC[C@H]2C1(C)C)C(=O)O. The first-order valence-corrected chi connectivity index (χ1v) is 22.4. The van der Waals surface area contributed by atoms with Crippen molar-refractivity contribution in [1.29, 1.82) is 0 Å². The van der Waals surface area contributed by atoms with Gasteiger partial charge in [0, 0.05) is 18.5 Å². The highest BCUT2D eigenvalue weighted by atomic mass is 16.7. The minimum Gasteiger partial charge on any atom is -0.481 e. The van der Waals surface area contributed by atoms with Gasteiger partial charge in [-0.2, -0.15) is 0 Å². The number of rotatable bonds is 10. The molecule has 11 heteroatoms. The molecule has 0 bridgehead atoms. The van der Waals surface area contributed by atoms with Gasteiger partial charge in [0.1, 0.15) is 11.5 Å². The summed E-state index contributed by atoms with van der Waals surface area (Å²) in [6.45, 7) is 20.3. The number of hydroxylamine groups is 2. The summed E-state index contributed by atoms with van der Waals surface area (Å²) in [6, 6.07) is 0. The smallest absolute Gasteiger partial charge is 0.335 e. The van der Waals surface area contributed by atoms with E-state index in [1.807, 2.05) is 0 Å². The molecule has 11 nitrogen and oxygen atoms in total. The standard InChI is InChI=1S/C46H74N2O9/c1-39(2,37(53)54)26-34(51)56-33-14-15-43(7)31(40(33,3)4)13-16-45(9)32(43)11-10-30-35-29(41(5)18-19-41)12-17-46(35,21-20-44(30,45)8)36(52)47-22-24-48(25-23-47)57-38(55)42(6,27-49)28-50/h29-33,35,49-50H,10-28H2,1-9H3,(H,53,54)/t29-,30-,31+,32-,33+,35-,43+,44-,45-,46+/m1/s1. The van der Waals surface area contributed by atoms with Crippen molar-refractivity contribution < 1.29 is 44.1 Å². The maximum atomic E-state index is 15.2. The van der Waals surface area contributed by atoms with Gasteiger partial charge in [-0.05, 0) is 149 Å². The molecule has 6 aliphatic carbocycles. The second-order valence-corrected chi connectivity index (χ2v) is 22.8. The van der Waals surface area contributed by atoms with Crippen molar-refractivity contribution in [3.05, 3.63) is 0 Å². The molecule has 0 aromatic carbocycles. The highest BCUT2D eigenvalue weighted by molar-refractivity contribution is 5.84. The normalized spacial score (nSPS) is 41.1. The summed E-state index contributed by atoms with van der Waals surface area (Å²) in [5.74, 6) is 0.539. The lowest BCUT2D eigenvalue weighted by Gasteiger charge is -2.73. The molecule has 0 aromatic rings. The van der Waals surface area contributed by atoms with Crippen LogP contribution >= 0.6 is 0 Å². The highest BCUT2D eigenvalue weighted by Gasteiger charge is 2.74. The minimum atomic E-state index is -1.37. The van der Waals surface area contributed by atoms with Crippen molar-refractivity contribution in [2.75, 3.05) is 39.4 Å². The number of carbonyl (C=O) groups excluding carboxylic acids is 3. The van der Waals surface area contributed by atoms with Crippen molar-refractivity contribution in [2.24, 2.45) is 72.9 Å². The number of carboxylic acids is 1. The maximum absolute atomic E-state index is 15.2. The van der Waals surface area contributed by atoms with E-state index in [-0.39, 0.29) is 39.6 Å². The van der Waals surface area contributed by atoms with E-state index in [1.165, 1.54) is 19.8 Å². The summed E-state index contributed by atoms with van der Waals surface area (Å²) in [4.78, 5) is 60.6. The van der Waals surface area contributed by atoms with Gasteiger partial charge in [0.15, 0.2) is 0 Å². The van der Waals surface area contributed by atoms with Gasteiger partial charge in [0.05, 0.1) is 43.6 Å². The molecular weight excluding hydrogens is 725 g/mol. The Kier molecular flexibility index (Phi) is 10.7. The fraction of sp³-hybridized carbons (Fsp3) is 0.913.